The van der Waals surface area contributed by atoms with Crippen molar-refractivity contribution in [3.05, 3.63) is 65.5 Å². The molecular formula is C16H17FN2O. The molecule has 0 aliphatic carbocycles. The Balaban J connectivity index is 1.76. The highest BCUT2D eigenvalue weighted by atomic mass is 19.1. The van der Waals surface area contributed by atoms with Crippen LogP contribution >= 0.6 is 0 Å². The molecule has 20 heavy (non-hydrogen) atoms. The zero-order valence-corrected chi connectivity index (χ0v) is 11.3. The van der Waals surface area contributed by atoms with Gasteiger partial charge in [0.25, 0.3) is 0 Å². The Labute approximate surface area is 117 Å². The summed E-state index contributed by atoms with van der Waals surface area (Å²) in [4.78, 5) is 11.7. The van der Waals surface area contributed by atoms with Crippen LogP contribution in [0.25, 0.3) is 0 Å². The first-order valence-corrected chi connectivity index (χ1v) is 6.45. The molecule has 1 amide bonds. The minimum Gasteiger partial charge on any atom is -0.325 e. The Morgan fingerprint density at radius 1 is 1.15 bits per heavy atom. The molecule has 0 fully saturated rings. The Hall–Kier alpha value is -2.20. The number of anilines is 1. The lowest BCUT2D eigenvalue weighted by Crippen LogP contribution is -2.27. The van der Waals surface area contributed by atoms with Crippen LogP contribution in [-0.4, -0.2) is 12.5 Å². The largest absolute Gasteiger partial charge is 0.325 e. The van der Waals surface area contributed by atoms with Crippen LogP contribution in [0.4, 0.5) is 10.1 Å². The highest BCUT2D eigenvalue weighted by molar-refractivity contribution is 5.92. The van der Waals surface area contributed by atoms with E-state index >= 15 is 0 Å². The first-order valence-electron chi connectivity index (χ1n) is 6.45. The van der Waals surface area contributed by atoms with Gasteiger partial charge in [-0.15, -0.1) is 0 Å². The lowest BCUT2D eigenvalue weighted by Gasteiger charge is -2.07. The van der Waals surface area contributed by atoms with Crippen molar-refractivity contribution in [2.75, 3.05) is 11.9 Å². The van der Waals surface area contributed by atoms with E-state index in [-0.39, 0.29) is 18.3 Å². The number of carbonyl (C=O) groups is 1. The fraction of sp³-hybridized carbons (Fsp3) is 0.188. The first-order chi connectivity index (χ1) is 9.63. The van der Waals surface area contributed by atoms with Crippen LogP contribution in [0, 0.1) is 12.7 Å². The van der Waals surface area contributed by atoms with Gasteiger partial charge in [-0.3, -0.25) is 4.79 Å². The van der Waals surface area contributed by atoms with E-state index in [2.05, 4.69) is 10.6 Å². The minimum atomic E-state index is -0.365. The molecule has 0 spiro atoms. The summed E-state index contributed by atoms with van der Waals surface area (Å²) < 4.78 is 13.0. The third-order valence-electron chi connectivity index (χ3n) is 2.84. The van der Waals surface area contributed by atoms with E-state index < -0.39 is 0 Å². The molecule has 0 atom stereocenters. The van der Waals surface area contributed by atoms with Crippen molar-refractivity contribution in [1.82, 2.24) is 5.32 Å². The Bertz CT molecular complexity index is 581. The summed E-state index contributed by atoms with van der Waals surface area (Å²) in [6.45, 7) is 2.84. The summed E-state index contributed by atoms with van der Waals surface area (Å²) in [6, 6.07) is 13.9. The Morgan fingerprint density at radius 2 is 1.90 bits per heavy atom. The number of benzene rings is 2. The van der Waals surface area contributed by atoms with Crippen molar-refractivity contribution in [1.29, 1.82) is 0 Å². The fourth-order valence-corrected chi connectivity index (χ4v) is 1.80. The van der Waals surface area contributed by atoms with Gasteiger partial charge in [-0.1, -0.05) is 35.9 Å². The standard InChI is InChI=1S/C16H17FN2O/c1-12-5-7-13(8-6-12)10-18-11-16(20)19-15-4-2-3-14(17)9-15/h2-9,18H,10-11H2,1H3,(H,19,20). The zero-order chi connectivity index (χ0) is 14.4. The number of halogens is 1. The van der Waals surface area contributed by atoms with Crippen LogP contribution in [0.2, 0.25) is 0 Å². The van der Waals surface area contributed by atoms with Crippen LogP contribution in [0.3, 0.4) is 0 Å². The van der Waals surface area contributed by atoms with Gasteiger partial charge < -0.3 is 10.6 Å². The summed E-state index contributed by atoms with van der Waals surface area (Å²) in [7, 11) is 0. The summed E-state index contributed by atoms with van der Waals surface area (Å²) in [6.07, 6.45) is 0. The van der Waals surface area contributed by atoms with Crippen LogP contribution in [0.1, 0.15) is 11.1 Å². The van der Waals surface area contributed by atoms with Crippen molar-refractivity contribution in [3.63, 3.8) is 0 Å². The molecule has 104 valence electrons. The van der Waals surface area contributed by atoms with Gasteiger partial charge in [0, 0.05) is 12.2 Å². The van der Waals surface area contributed by atoms with E-state index in [1.54, 1.807) is 12.1 Å². The average molecular weight is 272 g/mol. The van der Waals surface area contributed by atoms with Gasteiger partial charge in [-0.2, -0.15) is 0 Å². The number of nitrogens with one attached hydrogen (secondary N) is 2. The topological polar surface area (TPSA) is 41.1 Å². The molecule has 2 aromatic carbocycles. The van der Waals surface area contributed by atoms with E-state index in [9.17, 15) is 9.18 Å². The van der Waals surface area contributed by atoms with E-state index in [0.29, 0.717) is 12.2 Å². The first kappa shape index (κ1) is 14.2. The highest BCUT2D eigenvalue weighted by Crippen LogP contribution is 2.08. The summed E-state index contributed by atoms with van der Waals surface area (Å²) in [5.74, 6) is -0.557. The molecule has 0 aliphatic rings. The molecule has 0 heterocycles. The molecule has 3 nitrogen and oxygen atoms in total. The molecule has 0 unspecified atom stereocenters. The van der Waals surface area contributed by atoms with Crippen molar-refractivity contribution in [2.45, 2.75) is 13.5 Å². The fourth-order valence-electron chi connectivity index (χ4n) is 1.80. The molecule has 4 heteroatoms. The smallest absolute Gasteiger partial charge is 0.238 e. The maximum Gasteiger partial charge on any atom is 0.238 e. The minimum absolute atomic E-state index is 0.185. The average Bonchev–Trinajstić information content (AvgIpc) is 2.41. The van der Waals surface area contributed by atoms with Crippen LogP contribution in [0.15, 0.2) is 48.5 Å². The van der Waals surface area contributed by atoms with Gasteiger partial charge in [-0.05, 0) is 30.7 Å². The molecule has 2 rings (SSSR count). The van der Waals surface area contributed by atoms with E-state index in [4.69, 9.17) is 0 Å². The van der Waals surface area contributed by atoms with E-state index in [0.717, 1.165) is 5.56 Å². The molecule has 0 saturated carbocycles. The molecule has 2 N–H and O–H groups in total. The Kier molecular flexibility index (Phi) is 4.85. The molecule has 0 bridgehead atoms. The van der Waals surface area contributed by atoms with Crippen LogP contribution in [0.5, 0.6) is 0 Å². The van der Waals surface area contributed by atoms with Gasteiger partial charge in [0.2, 0.25) is 5.91 Å². The van der Waals surface area contributed by atoms with Gasteiger partial charge in [-0.25, -0.2) is 4.39 Å². The second-order valence-corrected chi connectivity index (χ2v) is 4.65. The number of carbonyl (C=O) groups excluding carboxylic acids is 1. The Morgan fingerprint density at radius 3 is 2.60 bits per heavy atom. The third-order valence-corrected chi connectivity index (χ3v) is 2.84. The molecule has 0 saturated heterocycles. The highest BCUT2D eigenvalue weighted by Gasteiger charge is 2.02. The summed E-state index contributed by atoms with van der Waals surface area (Å²) >= 11 is 0. The van der Waals surface area contributed by atoms with E-state index in [1.807, 2.05) is 31.2 Å². The van der Waals surface area contributed by atoms with Crippen LogP contribution in [-0.2, 0) is 11.3 Å². The maximum atomic E-state index is 13.0. The van der Waals surface area contributed by atoms with Crippen molar-refractivity contribution in [3.8, 4) is 0 Å². The molecular weight excluding hydrogens is 255 g/mol. The number of rotatable bonds is 5. The summed E-state index contributed by atoms with van der Waals surface area (Å²) in [5.41, 5.74) is 2.79. The normalized spacial score (nSPS) is 10.3. The number of aryl methyl sites for hydroxylation is 1. The predicted octanol–water partition coefficient (Wildman–Crippen LogP) is 2.86. The second kappa shape index (κ2) is 6.82. The predicted molar refractivity (Wildman–Crippen MR) is 77.9 cm³/mol. The lowest BCUT2D eigenvalue weighted by atomic mass is 10.1. The molecule has 0 aliphatic heterocycles. The second-order valence-electron chi connectivity index (χ2n) is 4.65. The van der Waals surface area contributed by atoms with Gasteiger partial charge in [0.1, 0.15) is 5.82 Å². The number of hydrogen-bond acceptors (Lipinski definition) is 2. The summed E-state index contributed by atoms with van der Waals surface area (Å²) in [5, 5.41) is 5.69. The quantitative estimate of drug-likeness (QED) is 0.878. The number of hydrogen-bond donors (Lipinski definition) is 2. The van der Waals surface area contributed by atoms with Crippen molar-refractivity contribution >= 4 is 11.6 Å². The third kappa shape index (κ3) is 4.48. The van der Waals surface area contributed by atoms with Crippen molar-refractivity contribution in [2.24, 2.45) is 0 Å². The zero-order valence-electron chi connectivity index (χ0n) is 11.3. The lowest BCUT2D eigenvalue weighted by molar-refractivity contribution is -0.115. The van der Waals surface area contributed by atoms with E-state index in [1.165, 1.54) is 17.7 Å². The molecule has 0 radical (unpaired) electrons. The van der Waals surface area contributed by atoms with Crippen molar-refractivity contribution < 1.29 is 9.18 Å². The molecule has 2 aromatic rings. The van der Waals surface area contributed by atoms with Gasteiger partial charge in [0.15, 0.2) is 0 Å². The van der Waals surface area contributed by atoms with Gasteiger partial charge >= 0.3 is 0 Å². The SMILES string of the molecule is Cc1ccc(CNCC(=O)Nc2cccc(F)c2)cc1. The molecule has 0 aromatic heterocycles. The van der Waals surface area contributed by atoms with Gasteiger partial charge in [0.05, 0.1) is 6.54 Å². The maximum absolute atomic E-state index is 13.0. The van der Waals surface area contributed by atoms with Crippen LogP contribution < -0.4 is 10.6 Å². The monoisotopic (exact) mass is 272 g/mol. The number of amides is 1.